The standard InChI is InChI=1S/C10H6Br2ClNO/c11-6-1-2-8(12)7(3-6)9-5-14-10(4-13)15-9/h1-3,5H,4H2. The van der Waals surface area contributed by atoms with Crippen molar-refractivity contribution >= 4 is 43.5 Å². The van der Waals surface area contributed by atoms with Crippen LogP contribution in [0.1, 0.15) is 5.89 Å². The second-order valence-electron chi connectivity index (χ2n) is 2.88. The minimum absolute atomic E-state index is 0.283. The first-order valence-corrected chi connectivity index (χ1v) is 6.29. The second kappa shape index (κ2) is 4.68. The fraction of sp³-hybridized carbons (Fsp3) is 0.100. The summed E-state index contributed by atoms with van der Waals surface area (Å²) in [5.41, 5.74) is 0.952. The summed E-state index contributed by atoms with van der Waals surface area (Å²) in [6.07, 6.45) is 1.67. The Kier molecular flexibility index (Phi) is 3.49. The van der Waals surface area contributed by atoms with Crippen molar-refractivity contribution in [2.75, 3.05) is 0 Å². The fourth-order valence-corrected chi connectivity index (χ4v) is 2.11. The van der Waals surface area contributed by atoms with Crippen LogP contribution in [0.5, 0.6) is 0 Å². The molecule has 0 aliphatic heterocycles. The molecule has 0 spiro atoms. The van der Waals surface area contributed by atoms with Gasteiger partial charge in [-0.3, -0.25) is 0 Å². The van der Waals surface area contributed by atoms with E-state index >= 15 is 0 Å². The van der Waals surface area contributed by atoms with Gasteiger partial charge in [0.25, 0.3) is 0 Å². The quantitative estimate of drug-likeness (QED) is 0.739. The molecule has 0 aliphatic rings. The topological polar surface area (TPSA) is 26.0 Å². The highest BCUT2D eigenvalue weighted by atomic mass is 79.9. The van der Waals surface area contributed by atoms with Crippen molar-refractivity contribution < 1.29 is 4.42 Å². The Labute approximate surface area is 109 Å². The third-order valence-electron chi connectivity index (χ3n) is 1.86. The Morgan fingerprint density at radius 3 is 2.80 bits per heavy atom. The van der Waals surface area contributed by atoms with Crippen LogP contribution < -0.4 is 0 Å². The number of halogens is 3. The molecule has 0 amide bonds. The molecule has 0 aliphatic carbocycles. The van der Waals surface area contributed by atoms with Crippen LogP contribution in [0.4, 0.5) is 0 Å². The first-order chi connectivity index (χ1) is 7.20. The molecule has 5 heteroatoms. The molecule has 15 heavy (non-hydrogen) atoms. The molecule has 1 aromatic carbocycles. The molecule has 2 aromatic rings. The van der Waals surface area contributed by atoms with Crippen molar-refractivity contribution in [3.05, 3.63) is 39.2 Å². The van der Waals surface area contributed by atoms with Crippen molar-refractivity contribution in [2.45, 2.75) is 5.88 Å². The van der Waals surface area contributed by atoms with Crippen molar-refractivity contribution in [2.24, 2.45) is 0 Å². The first kappa shape index (κ1) is 11.2. The molecule has 2 nitrogen and oxygen atoms in total. The average Bonchev–Trinajstić information content (AvgIpc) is 2.70. The van der Waals surface area contributed by atoms with E-state index in [0.29, 0.717) is 11.7 Å². The maximum atomic E-state index is 5.62. The van der Waals surface area contributed by atoms with E-state index in [-0.39, 0.29) is 5.88 Å². The highest BCUT2D eigenvalue weighted by Gasteiger charge is 2.09. The molecule has 0 radical (unpaired) electrons. The van der Waals surface area contributed by atoms with E-state index in [0.717, 1.165) is 14.5 Å². The van der Waals surface area contributed by atoms with Gasteiger partial charge in [0, 0.05) is 14.5 Å². The molecule has 1 aromatic heterocycles. The van der Waals surface area contributed by atoms with Crippen LogP contribution in [-0.2, 0) is 5.88 Å². The average molecular weight is 351 g/mol. The van der Waals surface area contributed by atoms with Gasteiger partial charge in [-0.1, -0.05) is 31.9 Å². The lowest BCUT2D eigenvalue weighted by molar-refractivity contribution is 0.528. The first-order valence-electron chi connectivity index (χ1n) is 4.17. The van der Waals surface area contributed by atoms with Crippen molar-refractivity contribution in [1.82, 2.24) is 4.98 Å². The van der Waals surface area contributed by atoms with E-state index in [1.165, 1.54) is 0 Å². The zero-order valence-corrected chi connectivity index (χ0v) is 11.4. The summed E-state index contributed by atoms with van der Waals surface area (Å²) in [6.45, 7) is 0. The van der Waals surface area contributed by atoms with E-state index in [1.54, 1.807) is 6.20 Å². The van der Waals surface area contributed by atoms with E-state index in [2.05, 4.69) is 36.8 Å². The van der Waals surface area contributed by atoms with Gasteiger partial charge in [-0.2, -0.15) is 0 Å². The molecule has 78 valence electrons. The van der Waals surface area contributed by atoms with Crippen LogP contribution in [0.25, 0.3) is 11.3 Å². The van der Waals surface area contributed by atoms with Gasteiger partial charge in [0.05, 0.1) is 12.1 Å². The largest absolute Gasteiger partial charge is 0.439 e. The summed E-state index contributed by atoms with van der Waals surface area (Å²) >= 11 is 12.5. The monoisotopic (exact) mass is 349 g/mol. The number of oxazole rings is 1. The third-order valence-corrected chi connectivity index (χ3v) is 3.28. The number of rotatable bonds is 2. The highest BCUT2D eigenvalue weighted by Crippen LogP contribution is 2.31. The van der Waals surface area contributed by atoms with Gasteiger partial charge in [-0.05, 0) is 18.2 Å². The van der Waals surface area contributed by atoms with E-state index in [9.17, 15) is 0 Å². The molecule has 1 heterocycles. The zero-order chi connectivity index (χ0) is 10.8. The van der Waals surface area contributed by atoms with Crippen LogP contribution in [0.3, 0.4) is 0 Å². The molecule has 0 saturated heterocycles. The van der Waals surface area contributed by atoms with Gasteiger partial charge in [0.2, 0.25) is 5.89 Å². The molecule has 0 fully saturated rings. The summed E-state index contributed by atoms with van der Waals surface area (Å²) in [7, 11) is 0. The SMILES string of the molecule is ClCc1ncc(-c2cc(Br)ccc2Br)o1. The summed E-state index contributed by atoms with van der Waals surface area (Å²) in [5, 5.41) is 0. The van der Waals surface area contributed by atoms with E-state index < -0.39 is 0 Å². The van der Waals surface area contributed by atoms with Crippen LogP contribution >= 0.6 is 43.5 Å². The molecule has 0 atom stereocenters. The lowest BCUT2D eigenvalue weighted by atomic mass is 10.2. The Hall–Kier alpha value is -0.320. The maximum absolute atomic E-state index is 5.62. The molecule has 0 N–H and O–H groups in total. The molecule has 0 bridgehead atoms. The summed E-state index contributed by atoms with van der Waals surface area (Å²) in [6, 6.07) is 5.86. The summed E-state index contributed by atoms with van der Waals surface area (Å²) in [4.78, 5) is 4.05. The molecule has 0 saturated carbocycles. The number of hydrogen-bond acceptors (Lipinski definition) is 2. The minimum Gasteiger partial charge on any atom is -0.439 e. The van der Waals surface area contributed by atoms with Crippen LogP contribution in [0.15, 0.2) is 37.8 Å². The minimum atomic E-state index is 0.283. The Morgan fingerprint density at radius 1 is 1.33 bits per heavy atom. The number of hydrogen-bond donors (Lipinski definition) is 0. The molecule has 2 rings (SSSR count). The fourth-order valence-electron chi connectivity index (χ4n) is 1.18. The van der Waals surface area contributed by atoms with Crippen molar-refractivity contribution in [3.63, 3.8) is 0 Å². The molecular weight excluding hydrogens is 345 g/mol. The normalized spacial score (nSPS) is 10.6. The molecule has 0 unspecified atom stereocenters. The van der Waals surface area contributed by atoms with Crippen LogP contribution in [-0.4, -0.2) is 4.98 Å². The van der Waals surface area contributed by atoms with E-state index in [1.807, 2.05) is 18.2 Å². The Morgan fingerprint density at radius 2 is 2.13 bits per heavy atom. The summed E-state index contributed by atoms with van der Waals surface area (Å²) in [5.74, 6) is 1.52. The lowest BCUT2D eigenvalue weighted by Crippen LogP contribution is -1.77. The smallest absolute Gasteiger partial charge is 0.209 e. The van der Waals surface area contributed by atoms with Gasteiger partial charge < -0.3 is 4.42 Å². The van der Waals surface area contributed by atoms with Gasteiger partial charge >= 0.3 is 0 Å². The maximum Gasteiger partial charge on any atom is 0.209 e. The van der Waals surface area contributed by atoms with Crippen molar-refractivity contribution in [3.8, 4) is 11.3 Å². The van der Waals surface area contributed by atoms with Crippen molar-refractivity contribution in [1.29, 1.82) is 0 Å². The van der Waals surface area contributed by atoms with Crippen LogP contribution in [0, 0.1) is 0 Å². The summed E-state index contributed by atoms with van der Waals surface area (Å²) < 4.78 is 7.41. The van der Waals surface area contributed by atoms with Gasteiger partial charge in [0.1, 0.15) is 0 Å². The predicted molar refractivity (Wildman–Crippen MR) is 66.9 cm³/mol. The van der Waals surface area contributed by atoms with Crippen LogP contribution in [0.2, 0.25) is 0 Å². The highest BCUT2D eigenvalue weighted by molar-refractivity contribution is 9.11. The number of nitrogens with zero attached hydrogens (tertiary/aromatic N) is 1. The Bertz CT molecular complexity index is 484. The number of aromatic nitrogens is 1. The number of benzene rings is 1. The lowest BCUT2D eigenvalue weighted by Gasteiger charge is -2.00. The second-order valence-corrected chi connectivity index (χ2v) is 4.91. The number of alkyl halides is 1. The van der Waals surface area contributed by atoms with Gasteiger partial charge in [-0.15, -0.1) is 11.6 Å². The zero-order valence-electron chi connectivity index (χ0n) is 7.51. The third kappa shape index (κ3) is 2.44. The predicted octanol–water partition coefficient (Wildman–Crippen LogP) is 4.61. The van der Waals surface area contributed by atoms with Gasteiger partial charge in [-0.25, -0.2) is 4.98 Å². The molecular formula is C10H6Br2ClNO. The Balaban J connectivity index is 2.48. The van der Waals surface area contributed by atoms with Gasteiger partial charge in [0.15, 0.2) is 5.76 Å². The van der Waals surface area contributed by atoms with E-state index in [4.69, 9.17) is 16.0 Å².